The first kappa shape index (κ1) is 14.2. The number of hydrogen-bond acceptors (Lipinski definition) is 2. The topological polar surface area (TPSA) is 26.3 Å². The van der Waals surface area contributed by atoms with Crippen LogP contribution in [0.25, 0.3) is 5.57 Å². The molecule has 0 saturated heterocycles. The minimum atomic E-state index is -0.274. The minimum Gasteiger partial charge on any atom is -0.462 e. The zero-order chi connectivity index (χ0) is 13.5. The van der Waals surface area contributed by atoms with Crippen molar-refractivity contribution in [2.24, 2.45) is 0 Å². The van der Waals surface area contributed by atoms with Gasteiger partial charge in [-0.25, -0.2) is 4.79 Å². The van der Waals surface area contributed by atoms with E-state index in [-0.39, 0.29) is 5.97 Å². The van der Waals surface area contributed by atoms with Gasteiger partial charge in [-0.05, 0) is 50.5 Å². The molecule has 0 amide bonds. The summed E-state index contributed by atoms with van der Waals surface area (Å²) < 4.78 is 5.11. The Labute approximate surface area is 109 Å². The van der Waals surface area contributed by atoms with E-state index >= 15 is 0 Å². The maximum atomic E-state index is 12.0. The lowest BCUT2D eigenvalue weighted by Crippen LogP contribution is -2.08. The molecule has 0 spiro atoms. The van der Waals surface area contributed by atoms with Crippen molar-refractivity contribution in [2.75, 3.05) is 6.61 Å². The normalized spacial score (nSPS) is 11.9. The highest BCUT2D eigenvalue weighted by Crippen LogP contribution is 2.22. The molecule has 2 nitrogen and oxygen atoms in total. The fraction of sp³-hybridized carbons (Fsp3) is 0.312. The Morgan fingerprint density at radius 1 is 1.33 bits per heavy atom. The molecule has 0 aliphatic heterocycles. The van der Waals surface area contributed by atoms with Gasteiger partial charge >= 0.3 is 5.97 Å². The zero-order valence-electron chi connectivity index (χ0n) is 11.5. The lowest BCUT2D eigenvalue weighted by Gasteiger charge is -2.11. The Morgan fingerprint density at radius 3 is 2.67 bits per heavy atom. The summed E-state index contributed by atoms with van der Waals surface area (Å²) >= 11 is 0. The smallest absolute Gasteiger partial charge is 0.338 e. The molecular weight excluding hydrogens is 224 g/mol. The second-order valence-corrected chi connectivity index (χ2v) is 4.07. The number of aryl methyl sites for hydroxylation is 1. The molecule has 0 fully saturated rings. The molecule has 0 saturated carbocycles. The molecule has 0 atom stereocenters. The third-order valence-corrected chi connectivity index (χ3v) is 2.85. The summed E-state index contributed by atoms with van der Waals surface area (Å²) in [6.07, 6.45) is 5.55. The minimum absolute atomic E-state index is 0.274. The van der Waals surface area contributed by atoms with Crippen LogP contribution in [0.2, 0.25) is 0 Å². The van der Waals surface area contributed by atoms with Crippen molar-refractivity contribution >= 4 is 11.5 Å². The SMILES string of the molecule is C/C=C/C=C(/C(=O)OCC)c1cccc(C)c1C. The summed E-state index contributed by atoms with van der Waals surface area (Å²) in [6.45, 7) is 8.18. The first-order chi connectivity index (χ1) is 8.61. The first-order valence-corrected chi connectivity index (χ1v) is 6.18. The van der Waals surface area contributed by atoms with Crippen molar-refractivity contribution in [3.05, 3.63) is 53.1 Å². The number of rotatable bonds is 4. The lowest BCUT2D eigenvalue weighted by molar-refractivity contribution is -0.136. The number of allylic oxidation sites excluding steroid dienone is 3. The van der Waals surface area contributed by atoms with Gasteiger partial charge in [0.05, 0.1) is 12.2 Å². The Balaban J connectivity index is 3.26. The van der Waals surface area contributed by atoms with Crippen LogP contribution in [0.15, 0.2) is 36.4 Å². The van der Waals surface area contributed by atoms with Gasteiger partial charge in [-0.1, -0.05) is 30.4 Å². The molecule has 1 aromatic carbocycles. The van der Waals surface area contributed by atoms with Crippen molar-refractivity contribution in [3.8, 4) is 0 Å². The summed E-state index contributed by atoms with van der Waals surface area (Å²) in [5.74, 6) is -0.274. The number of esters is 1. The molecule has 1 aromatic rings. The predicted molar refractivity (Wildman–Crippen MR) is 75.3 cm³/mol. The van der Waals surface area contributed by atoms with Crippen molar-refractivity contribution in [1.29, 1.82) is 0 Å². The molecule has 0 aromatic heterocycles. The average molecular weight is 244 g/mol. The predicted octanol–water partition coefficient (Wildman–Crippen LogP) is 3.83. The number of hydrogen-bond donors (Lipinski definition) is 0. The highest BCUT2D eigenvalue weighted by atomic mass is 16.5. The number of ether oxygens (including phenoxy) is 1. The molecule has 0 N–H and O–H groups in total. The van der Waals surface area contributed by atoms with Crippen LogP contribution < -0.4 is 0 Å². The van der Waals surface area contributed by atoms with Gasteiger partial charge in [-0.3, -0.25) is 0 Å². The van der Waals surface area contributed by atoms with Crippen molar-refractivity contribution in [1.82, 2.24) is 0 Å². The second kappa shape index (κ2) is 6.80. The molecule has 0 aliphatic carbocycles. The Hall–Kier alpha value is -1.83. The van der Waals surface area contributed by atoms with Gasteiger partial charge in [-0.2, -0.15) is 0 Å². The number of carbonyl (C=O) groups excluding carboxylic acids is 1. The Bertz CT molecular complexity index is 482. The van der Waals surface area contributed by atoms with Crippen LogP contribution in [0.3, 0.4) is 0 Å². The molecule has 18 heavy (non-hydrogen) atoms. The third kappa shape index (κ3) is 3.33. The summed E-state index contributed by atoms with van der Waals surface area (Å²) in [7, 11) is 0. The molecule has 0 heterocycles. The van der Waals surface area contributed by atoms with E-state index in [2.05, 4.69) is 0 Å². The van der Waals surface area contributed by atoms with E-state index in [1.807, 2.05) is 58.0 Å². The fourth-order valence-electron chi connectivity index (χ4n) is 1.71. The van der Waals surface area contributed by atoms with E-state index in [0.717, 1.165) is 11.1 Å². The number of benzene rings is 1. The zero-order valence-corrected chi connectivity index (χ0v) is 11.5. The van der Waals surface area contributed by atoms with Crippen LogP contribution in [-0.2, 0) is 9.53 Å². The molecule has 2 heteroatoms. The highest BCUT2D eigenvalue weighted by molar-refractivity contribution is 6.17. The van der Waals surface area contributed by atoms with Crippen molar-refractivity contribution in [3.63, 3.8) is 0 Å². The van der Waals surface area contributed by atoms with E-state index < -0.39 is 0 Å². The van der Waals surface area contributed by atoms with Gasteiger partial charge in [-0.15, -0.1) is 0 Å². The number of carbonyl (C=O) groups is 1. The van der Waals surface area contributed by atoms with Crippen molar-refractivity contribution < 1.29 is 9.53 Å². The average Bonchev–Trinajstić information content (AvgIpc) is 2.35. The fourth-order valence-corrected chi connectivity index (χ4v) is 1.71. The van der Waals surface area contributed by atoms with Crippen LogP contribution in [0.1, 0.15) is 30.5 Å². The summed E-state index contributed by atoms with van der Waals surface area (Å²) in [5, 5.41) is 0. The molecular formula is C16H20O2. The van der Waals surface area contributed by atoms with Crippen LogP contribution in [0, 0.1) is 13.8 Å². The van der Waals surface area contributed by atoms with Gasteiger partial charge in [0.15, 0.2) is 0 Å². The monoisotopic (exact) mass is 244 g/mol. The quantitative estimate of drug-likeness (QED) is 0.457. The van der Waals surface area contributed by atoms with Crippen LogP contribution in [-0.4, -0.2) is 12.6 Å². The molecule has 0 aliphatic rings. The molecule has 0 radical (unpaired) electrons. The molecule has 0 bridgehead atoms. The molecule has 1 rings (SSSR count). The largest absolute Gasteiger partial charge is 0.462 e. The van der Waals surface area contributed by atoms with Crippen LogP contribution in [0.4, 0.5) is 0 Å². The molecule has 96 valence electrons. The van der Waals surface area contributed by atoms with E-state index in [0.29, 0.717) is 12.2 Å². The van der Waals surface area contributed by atoms with Gasteiger partial charge in [0.1, 0.15) is 0 Å². The van der Waals surface area contributed by atoms with Crippen LogP contribution in [0.5, 0.6) is 0 Å². The van der Waals surface area contributed by atoms with E-state index in [1.165, 1.54) is 5.56 Å². The van der Waals surface area contributed by atoms with Gasteiger partial charge in [0.2, 0.25) is 0 Å². The first-order valence-electron chi connectivity index (χ1n) is 6.18. The summed E-state index contributed by atoms with van der Waals surface area (Å²) in [4.78, 5) is 12.0. The van der Waals surface area contributed by atoms with Gasteiger partial charge in [0, 0.05) is 0 Å². The maximum Gasteiger partial charge on any atom is 0.338 e. The van der Waals surface area contributed by atoms with E-state index in [9.17, 15) is 4.79 Å². The Morgan fingerprint density at radius 2 is 2.06 bits per heavy atom. The van der Waals surface area contributed by atoms with E-state index in [1.54, 1.807) is 6.08 Å². The van der Waals surface area contributed by atoms with Crippen molar-refractivity contribution in [2.45, 2.75) is 27.7 Å². The highest BCUT2D eigenvalue weighted by Gasteiger charge is 2.14. The second-order valence-electron chi connectivity index (χ2n) is 4.07. The lowest BCUT2D eigenvalue weighted by atomic mass is 9.96. The van der Waals surface area contributed by atoms with Crippen LogP contribution >= 0.6 is 0 Å². The maximum absolute atomic E-state index is 12.0. The third-order valence-electron chi connectivity index (χ3n) is 2.85. The Kier molecular flexibility index (Phi) is 5.37. The molecule has 0 unspecified atom stereocenters. The van der Waals surface area contributed by atoms with Gasteiger partial charge in [0.25, 0.3) is 0 Å². The standard InChI is InChI=1S/C16H20O2/c1-5-7-10-15(16(17)18-6-2)14-11-8-9-12(3)13(14)4/h5,7-11H,6H2,1-4H3/b7-5+,15-10+. The van der Waals surface area contributed by atoms with Gasteiger partial charge < -0.3 is 4.74 Å². The summed E-state index contributed by atoms with van der Waals surface area (Å²) in [5.41, 5.74) is 3.83. The van der Waals surface area contributed by atoms with E-state index in [4.69, 9.17) is 4.74 Å². The summed E-state index contributed by atoms with van der Waals surface area (Å²) in [6, 6.07) is 5.95.